The molecule has 0 heterocycles. The third kappa shape index (κ3) is 40.4. The highest BCUT2D eigenvalue weighted by Gasteiger charge is 2.19. The topological polar surface area (TPSA) is 78.9 Å². The minimum Gasteiger partial charge on any atom is -0.462 e. The van der Waals surface area contributed by atoms with E-state index < -0.39 is 6.10 Å². The molecular weight excluding hydrogens is 661 g/mol. The number of rotatable bonds is 39. The Morgan fingerprint density at radius 2 is 0.736 bits per heavy atom. The number of carbonyl (C=O) groups is 3. The second kappa shape index (κ2) is 42.1. The average Bonchev–Trinajstić information content (AvgIpc) is 3.15. The highest BCUT2D eigenvalue weighted by atomic mass is 16.6. The number of esters is 3. The minimum atomic E-state index is -0.781. The monoisotopic (exact) mass is 743 g/mol. The van der Waals surface area contributed by atoms with Gasteiger partial charge in [0.2, 0.25) is 0 Å². The first-order valence-electron chi connectivity index (χ1n) is 22.1. The molecule has 1 unspecified atom stereocenters. The highest BCUT2D eigenvalue weighted by molar-refractivity contribution is 5.71. The normalized spacial score (nSPS) is 12.4. The Morgan fingerprint density at radius 1 is 0.396 bits per heavy atom. The summed E-state index contributed by atoms with van der Waals surface area (Å²) in [6.45, 7) is 6.41. The van der Waals surface area contributed by atoms with Crippen LogP contribution in [-0.4, -0.2) is 37.2 Å². The van der Waals surface area contributed by atoms with Crippen LogP contribution >= 0.6 is 0 Å². The van der Waals surface area contributed by atoms with E-state index in [0.29, 0.717) is 19.3 Å². The second-order valence-corrected chi connectivity index (χ2v) is 14.6. The Kier molecular flexibility index (Phi) is 40.0. The number of ether oxygens (including phenoxy) is 3. The van der Waals surface area contributed by atoms with Crippen molar-refractivity contribution in [1.82, 2.24) is 0 Å². The van der Waals surface area contributed by atoms with Gasteiger partial charge in [0.25, 0.3) is 0 Å². The van der Waals surface area contributed by atoms with Crippen molar-refractivity contribution >= 4 is 17.9 Å². The maximum Gasteiger partial charge on any atom is 0.306 e. The standard InChI is InChI=1S/C47H82O6/c1-4-7-10-13-16-19-22-23-24-26-28-31-34-37-40-46(49)52-43-44(42-51-45(48)39-36-33-30-27-21-18-15-12-9-6-3)53-47(50)41-38-35-32-29-25-20-17-14-11-8-5-2/h7,10,14-19,44H,4-6,8-9,11-13,20-43H2,1-3H3/b10-7-,17-14-,18-15-,19-16-. The first-order valence-corrected chi connectivity index (χ1v) is 22.1. The SMILES string of the molecule is CC/C=C\C/C=C\CCCCCCCCCC(=O)OCC(COC(=O)CCCCCC/C=C\CCCC)OC(=O)CCCCCCC/C=C\CCCC. The van der Waals surface area contributed by atoms with Crippen LogP contribution in [0.1, 0.15) is 213 Å². The van der Waals surface area contributed by atoms with Gasteiger partial charge in [-0.2, -0.15) is 0 Å². The summed E-state index contributed by atoms with van der Waals surface area (Å²) in [5, 5.41) is 0. The van der Waals surface area contributed by atoms with Crippen LogP contribution in [-0.2, 0) is 28.6 Å². The maximum atomic E-state index is 12.7. The van der Waals surface area contributed by atoms with Crippen LogP contribution < -0.4 is 0 Å². The van der Waals surface area contributed by atoms with Gasteiger partial charge < -0.3 is 14.2 Å². The zero-order valence-electron chi connectivity index (χ0n) is 34.8. The van der Waals surface area contributed by atoms with Gasteiger partial charge in [0.15, 0.2) is 6.10 Å². The highest BCUT2D eigenvalue weighted by Crippen LogP contribution is 2.13. The van der Waals surface area contributed by atoms with E-state index in [4.69, 9.17) is 14.2 Å². The molecule has 0 aliphatic rings. The van der Waals surface area contributed by atoms with E-state index in [1.165, 1.54) is 64.2 Å². The zero-order chi connectivity index (χ0) is 38.7. The third-order valence-electron chi connectivity index (χ3n) is 9.29. The molecule has 6 heteroatoms. The van der Waals surface area contributed by atoms with Crippen molar-refractivity contribution in [2.45, 2.75) is 219 Å². The molecule has 0 fully saturated rings. The number of hydrogen-bond acceptors (Lipinski definition) is 6. The molecule has 0 rings (SSSR count). The molecule has 0 radical (unpaired) electrons. The fraction of sp³-hybridized carbons (Fsp3) is 0.766. The summed E-state index contributed by atoms with van der Waals surface area (Å²) in [6.07, 6.45) is 48.1. The number of carbonyl (C=O) groups excluding carboxylic acids is 3. The van der Waals surface area contributed by atoms with E-state index in [2.05, 4.69) is 69.4 Å². The quantitative estimate of drug-likeness (QED) is 0.0270. The van der Waals surface area contributed by atoms with Crippen molar-refractivity contribution in [2.75, 3.05) is 13.2 Å². The van der Waals surface area contributed by atoms with Gasteiger partial charge in [0, 0.05) is 19.3 Å². The van der Waals surface area contributed by atoms with E-state index in [-0.39, 0.29) is 31.1 Å². The number of hydrogen-bond donors (Lipinski definition) is 0. The largest absolute Gasteiger partial charge is 0.462 e. The van der Waals surface area contributed by atoms with Crippen LogP contribution in [0.2, 0.25) is 0 Å². The predicted octanol–water partition coefficient (Wildman–Crippen LogP) is 14.0. The lowest BCUT2D eigenvalue weighted by atomic mass is 10.1. The molecule has 0 aliphatic carbocycles. The molecule has 0 amide bonds. The molecule has 0 aliphatic heterocycles. The Hall–Kier alpha value is -2.63. The summed E-state index contributed by atoms with van der Waals surface area (Å²) >= 11 is 0. The lowest BCUT2D eigenvalue weighted by Crippen LogP contribution is -2.30. The molecule has 0 saturated carbocycles. The molecule has 1 atom stereocenters. The van der Waals surface area contributed by atoms with Crippen molar-refractivity contribution in [3.63, 3.8) is 0 Å². The molecule has 53 heavy (non-hydrogen) atoms. The van der Waals surface area contributed by atoms with Crippen LogP contribution in [0.4, 0.5) is 0 Å². The Balaban J connectivity index is 4.39. The van der Waals surface area contributed by atoms with Crippen molar-refractivity contribution < 1.29 is 28.6 Å². The first kappa shape index (κ1) is 50.4. The molecule has 0 aromatic carbocycles. The summed E-state index contributed by atoms with van der Waals surface area (Å²) in [4.78, 5) is 37.6. The smallest absolute Gasteiger partial charge is 0.306 e. The molecule has 0 bridgehead atoms. The van der Waals surface area contributed by atoms with E-state index in [1.807, 2.05) is 0 Å². The van der Waals surface area contributed by atoms with E-state index >= 15 is 0 Å². The van der Waals surface area contributed by atoms with Gasteiger partial charge in [0.05, 0.1) is 0 Å². The molecule has 0 N–H and O–H groups in total. The molecular formula is C47H82O6. The van der Waals surface area contributed by atoms with Gasteiger partial charge in [-0.1, -0.05) is 159 Å². The van der Waals surface area contributed by atoms with E-state index in [1.54, 1.807) is 0 Å². The van der Waals surface area contributed by atoms with Crippen molar-refractivity contribution in [3.05, 3.63) is 48.6 Å². The first-order chi connectivity index (χ1) is 26.0. The van der Waals surface area contributed by atoms with Crippen LogP contribution in [0.5, 0.6) is 0 Å². The lowest BCUT2D eigenvalue weighted by Gasteiger charge is -2.18. The molecule has 0 aromatic heterocycles. The summed E-state index contributed by atoms with van der Waals surface area (Å²) in [7, 11) is 0. The fourth-order valence-corrected chi connectivity index (χ4v) is 5.91. The van der Waals surface area contributed by atoms with Crippen molar-refractivity contribution in [1.29, 1.82) is 0 Å². The zero-order valence-corrected chi connectivity index (χ0v) is 34.8. The third-order valence-corrected chi connectivity index (χ3v) is 9.29. The van der Waals surface area contributed by atoms with Crippen molar-refractivity contribution in [3.8, 4) is 0 Å². The predicted molar refractivity (Wildman–Crippen MR) is 224 cm³/mol. The fourth-order valence-electron chi connectivity index (χ4n) is 5.91. The second-order valence-electron chi connectivity index (χ2n) is 14.6. The van der Waals surface area contributed by atoms with Crippen LogP contribution in [0, 0.1) is 0 Å². The summed E-state index contributed by atoms with van der Waals surface area (Å²) < 4.78 is 16.6. The van der Waals surface area contributed by atoms with Crippen LogP contribution in [0.15, 0.2) is 48.6 Å². The van der Waals surface area contributed by atoms with Gasteiger partial charge in [-0.05, 0) is 83.5 Å². The summed E-state index contributed by atoms with van der Waals surface area (Å²) in [6, 6.07) is 0. The van der Waals surface area contributed by atoms with E-state index in [9.17, 15) is 14.4 Å². The summed E-state index contributed by atoms with van der Waals surface area (Å²) in [5.41, 5.74) is 0. The molecule has 306 valence electrons. The Bertz CT molecular complexity index is 949. The van der Waals surface area contributed by atoms with Crippen LogP contribution in [0.3, 0.4) is 0 Å². The van der Waals surface area contributed by atoms with Gasteiger partial charge in [-0.25, -0.2) is 0 Å². The van der Waals surface area contributed by atoms with Crippen LogP contribution in [0.25, 0.3) is 0 Å². The van der Waals surface area contributed by atoms with Gasteiger partial charge in [-0.3, -0.25) is 14.4 Å². The van der Waals surface area contributed by atoms with Crippen molar-refractivity contribution in [2.24, 2.45) is 0 Å². The molecule has 0 saturated heterocycles. The van der Waals surface area contributed by atoms with Gasteiger partial charge in [-0.15, -0.1) is 0 Å². The van der Waals surface area contributed by atoms with Gasteiger partial charge in [0.1, 0.15) is 13.2 Å². The minimum absolute atomic E-state index is 0.0846. The Labute approximate surface area is 327 Å². The Morgan fingerprint density at radius 3 is 1.15 bits per heavy atom. The average molecular weight is 743 g/mol. The number of allylic oxidation sites excluding steroid dienone is 8. The lowest BCUT2D eigenvalue weighted by molar-refractivity contribution is -0.167. The molecule has 0 spiro atoms. The van der Waals surface area contributed by atoms with E-state index in [0.717, 1.165) is 109 Å². The summed E-state index contributed by atoms with van der Waals surface area (Å²) in [5.74, 6) is -0.920. The maximum absolute atomic E-state index is 12.7. The molecule has 0 aromatic rings. The number of unbranched alkanes of at least 4 members (excludes halogenated alkanes) is 20. The molecule has 6 nitrogen and oxygen atoms in total. The van der Waals surface area contributed by atoms with Gasteiger partial charge >= 0.3 is 17.9 Å².